The van der Waals surface area contributed by atoms with Gasteiger partial charge in [0.2, 0.25) is 10.0 Å². The number of likely N-dealkylation sites (tertiary alicyclic amines) is 1. The maximum atomic E-state index is 14.4. The number of piperidine rings is 1. The van der Waals surface area contributed by atoms with Gasteiger partial charge in [-0.05, 0) is 84.7 Å². The lowest BCUT2D eigenvalue weighted by atomic mass is 9.96. The predicted octanol–water partition coefficient (Wildman–Crippen LogP) is 5.77. The molecule has 2 amide bonds. The van der Waals surface area contributed by atoms with Crippen molar-refractivity contribution in [2.45, 2.75) is 68.3 Å². The van der Waals surface area contributed by atoms with E-state index in [-0.39, 0.29) is 49.5 Å². The first kappa shape index (κ1) is 42.9. The number of sulfonamides is 1. The number of hydrogen-bond acceptors (Lipinski definition) is 11. The average molecular weight is 844 g/mol. The molecule has 4 aromatic carbocycles. The van der Waals surface area contributed by atoms with Gasteiger partial charge in [0.05, 0.1) is 43.3 Å². The maximum absolute atomic E-state index is 14.4. The average Bonchev–Trinajstić information content (AvgIpc) is 3.91. The molecule has 0 bridgehead atoms. The summed E-state index contributed by atoms with van der Waals surface area (Å²) in [5.41, 5.74) is 2.68. The van der Waals surface area contributed by atoms with Crippen molar-refractivity contribution in [2.75, 3.05) is 46.5 Å². The van der Waals surface area contributed by atoms with Crippen LogP contribution in [0.4, 0.5) is 9.59 Å². The van der Waals surface area contributed by atoms with Crippen LogP contribution in [0.1, 0.15) is 36.0 Å². The van der Waals surface area contributed by atoms with Gasteiger partial charge in [-0.1, -0.05) is 72.8 Å². The smallest absolute Gasteiger partial charge is 0.410 e. The topological polar surface area (TPSA) is 162 Å². The molecule has 0 aromatic heterocycles. The number of carbonyl (C=O) groups is 2. The van der Waals surface area contributed by atoms with E-state index in [9.17, 15) is 23.1 Å². The second-order valence-corrected chi connectivity index (χ2v) is 17.3. The Morgan fingerprint density at radius 1 is 0.833 bits per heavy atom. The largest absolute Gasteiger partial charge is 0.497 e. The van der Waals surface area contributed by atoms with E-state index >= 15 is 0 Å². The third-order valence-corrected chi connectivity index (χ3v) is 13.1. The number of nitrogens with one attached hydrogen (secondary N) is 1. The number of hydrogen-bond donors (Lipinski definition) is 2. The van der Waals surface area contributed by atoms with Gasteiger partial charge in [-0.25, -0.2) is 18.0 Å². The molecule has 4 aromatic rings. The third kappa shape index (κ3) is 11.3. The molecule has 0 saturated carbocycles. The molecule has 3 aliphatic rings. The first-order valence-electron chi connectivity index (χ1n) is 20.4. The molecular weight excluding hydrogens is 791 g/mol. The van der Waals surface area contributed by atoms with Crippen LogP contribution in [-0.2, 0) is 48.6 Å². The molecule has 0 unspecified atom stereocenters. The monoisotopic (exact) mass is 843 g/mol. The SMILES string of the molecule is COc1ccc(S(=O)(=O)N(CC2CCN(C(=O)OCc3ccccc3)CC2)C[C@@H](O)[C@H](Cc2ccc(OCc3ccccc3)cc2)NC(=O)O[C@H]2CO[C@H]3OCC[C@H]32)cc1. The molecule has 60 heavy (non-hydrogen) atoms. The molecule has 5 atom stereocenters. The molecule has 7 rings (SSSR count). The first-order chi connectivity index (χ1) is 29.1. The van der Waals surface area contributed by atoms with Crippen LogP contribution in [0, 0.1) is 11.8 Å². The molecule has 3 fully saturated rings. The maximum Gasteiger partial charge on any atom is 0.410 e. The van der Waals surface area contributed by atoms with Gasteiger partial charge in [0.25, 0.3) is 0 Å². The number of methoxy groups -OCH3 is 1. The minimum atomic E-state index is -4.17. The van der Waals surface area contributed by atoms with Gasteiger partial charge in [-0.15, -0.1) is 0 Å². The van der Waals surface area contributed by atoms with Crippen molar-refractivity contribution in [1.82, 2.24) is 14.5 Å². The van der Waals surface area contributed by atoms with Crippen molar-refractivity contribution in [3.8, 4) is 11.5 Å². The van der Waals surface area contributed by atoms with Crippen molar-refractivity contribution in [1.29, 1.82) is 0 Å². The minimum absolute atomic E-state index is 0.0296. The predicted molar refractivity (Wildman–Crippen MR) is 221 cm³/mol. The van der Waals surface area contributed by atoms with Crippen LogP contribution in [0.2, 0.25) is 0 Å². The Bertz CT molecular complexity index is 2080. The van der Waals surface area contributed by atoms with Crippen molar-refractivity contribution >= 4 is 22.2 Å². The van der Waals surface area contributed by atoms with Crippen LogP contribution >= 0.6 is 0 Å². The fraction of sp³-hybridized carbons (Fsp3) is 0.422. The molecular formula is C45H53N3O11S. The first-order valence-corrected chi connectivity index (χ1v) is 21.8. The molecule has 3 heterocycles. The lowest BCUT2D eigenvalue weighted by Gasteiger charge is -2.35. The van der Waals surface area contributed by atoms with E-state index < -0.39 is 46.7 Å². The van der Waals surface area contributed by atoms with E-state index in [0.29, 0.717) is 57.1 Å². The Balaban J connectivity index is 1.06. The molecule has 15 heteroatoms. The number of alkyl carbamates (subject to hydrolysis) is 1. The fourth-order valence-corrected chi connectivity index (χ4v) is 9.30. The van der Waals surface area contributed by atoms with Gasteiger partial charge < -0.3 is 43.7 Å². The Morgan fingerprint density at radius 2 is 1.48 bits per heavy atom. The van der Waals surface area contributed by atoms with Crippen LogP contribution < -0.4 is 14.8 Å². The minimum Gasteiger partial charge on any atom is -0.497 e. The summed E-state index contributed by atoms with van der Waals surface area (Å²) in [6, 6.07) is 31.7. The fourth-order valence-electron chi connectivity index (χ4n) is 7.77. The standard InChI is InChI=1S/C45H53N3O11S/c1-54-36-16-18-38(19-17-36)60(52,53)48(27-33-20-23-47(24-21-33)45(51)58-30-35-10-6-3-7-11-35)28-41(49)40(46-44(50)59-42-31-57-43-39(42)22-25-55-43)26-32-12-14-37(15-13-32)56-29-34-8-4-2-5-9-34/h2-19,33,39-43,49H,20-31H2,1H3,(H,46,50)/t39-,40-,41+,42-,43+/m0/s1. The Morgan fingerprint density at radius 3 is 2.15 bits per heavy atom. The molecule has 0 aliphatic carbocycles. The quantitative estimate of drug-likeness (QED) is 0.133. The zero-order chi connectivity index (χ0) is 41.9. The normalized spacial score (nSPS) is 20.2. The van der Waals surface area contributed by atoms with Gasteiger partial charge in [-0.2, -0.15) is 4.31 Å². The number of aliphatic hydroxyl groups is 1. The highest BCUT2D eigenvalue weighted by Crippen LogP contribution is 2.33. The summed E-state index contributed by atoms with van der Waals surface area (Å²) >= 11 is 0. The molecule has 2 N–H and O–H groups in total. The molecule has 14 nitrogen and oxygen atoms in total. The van der Waals surface area contributed by atoms with E-state index in [2.05, 4.69) is 5.32 Å². The molecule has 320 valence electrons. The second-order valence-electron chi connectivity index (χ2n) is 15.4. The van der Waals surface area contributed by atoms with Crippen molar-refractivity contribution in [3.05, 3.63) is 126 Å². The van der Waals surface area contributed by atoms with Gasteiger partial charge in [0.1, 0.15) is 30.8 Å². The summed E-state index contributed by atoms with van der Waals surface area (Å²) in [7, 11) is -2.67. The van der Waals surface area contributed by atoms with Crippen LogP contribution in [0.25, 0.3) is 0 Å². The molecule has 3 saturated heterocycles. The summed E-state index contributed by atoms with van der Waals surface area (Å²) < 4.78 is 64.0. The van der Waals surface area contributed by atoms with Crippen LogP contribution in [0.5, 0.6) is 11.5 Å². The molecule has 3 aliphatic heterocycles. The van der Waals surface area contributed by atoms with E-state index in [4.69, 9.17) is 28.4 Å². The van der Waals surface area contributed by atoms with Crippen LogP contribution in [-0.4, -0.2) is 106 Å². The third-order valence-electron chi connectivity index (χ3n) is 11.3. The second kappa shape index (κ2) is 20.4. The Labute approximate surface area is 351 Å². The number of benzene rings is 4. The van der Waals surface area contributed by atoms with Crippen LogP contribution in [0.15, 0.2) is 114 Å². The number of fused-ring (bicyclic) bond motifs is 1. The molecule has 0 spiro atoms. The number of ether oxygens (including phenoxy) is 6. The highest BCUT2D eigenvalue weighted by Gasteiger charge is 2.44. The highest BCUT2D eigenvalue weighted by molar-refractivity contribution is 7.89. The van der Waals surface area contributed by atoms with E-state index in [0.717, 1.165) is 16.7 Å². The zero-order valence-corrected chi connectivity index (χ0v) is 34.5. The van der Waals surface area contributed by atoms with E-state index in [1.165, 1.54) is 23.5 Å². The van der Waals surface area contributed by atoms with Gasteiger partial charge in [-0.3, -0.25) is 0 Å². The Hall–Kier alpha value is -5.19. The van der Waals surface area contributed by atoms with Gasteiger partial charge >= 0.3 is 12.2 Å². The van der Waals surface area contributed by atoms with Crippen molar-refractivity contribution in [2.24, 2.45) is 11.8 Å². The van der Waals surface area contributed by atoms with Gasteiger partial charge in [0.15, 0.2) is 6.29 Å². The summed E-state index contributed by atoms with van der Waals surface area (Å²) in [4.78, 5) is 28.1. The lowest BCUT2D eigenvalue weighted by molar-refractivity contribution is -0.0907. The lowest BCUT2D eigenvalue weighted by Crippen LogP contribution is -2.52. The van der Waals surface area contributed by atoms with Crippen molar-refractivity contribution in [3.63, 3.8) is 0 Å². The highest BCUT2D eigenvalue weighted by atomic mass is 32.2. The summed E-state index contributed by atoms with van der Waals surface area (Å²) in [6.07, 6.45) is -1.59. The zero-order valence-electron chi connectivity index (χ0n) is 33.7. The number of carbonyl (C=O) groups excluding carboxylic acids is 2. The molecule has 0 radical (unpaired) electrons. The van der Waals surface area contributed by atoms with E-state index in [1.54, 1.807) is 17.0 Å². The number of amides is 2. The number of aliphatic hydroxyl groups excluding tert-OH is 1. The van der Waals surface area contributed by atoms with Crippen LogP contribution in [0.3, 0.4) is 0 Å². The van der Waals surface area contributed by atoms with Gasteiger partial charge in [0, 0.05) is 26.2 Å². The summed E-state index contributed by atoms with van der Waals surface area (Å²) in [5, 5.41) is 14.9. The Kier molecular flexibility index (Phi) is 14.6. The number of rotatable bonds is 17. The summed E-state index contributed by atoms with van der Waals surface area (Å²) in [6.45, 7) is 1.77. The number of nitrogens with zero attached hydrogens (tertiary/aromatic N) is 2. The van der Waals surface area contributed by atoms with Crippen molar-refractivity contribution < 1.29 is 51.5 Å². The van der Waals surface area contributed by atoms with E-state index in [1.807, 2.05) is 84.9 Å². The summed E-state index contributed by atoms with van der Waals surface area (Å²) in [5.74, 6) is 0.917.